The van der Waals surface area contributed by atoms with Gasteiger partial charge >= 0.3 is 0 Å². The number of hydrogen-bond donors (Lipinski definition) is 1. The molecule has 1 aromatic carbocycles. The first-order chi connectivity index (χ1) is 6.77. The van der Waals surface area contributed by atoms with E-state index >= 15 is 0 Å². The lowest BCUT2D eigenvalue weighted by molar-refractivity contribution is 1.27. The first kappa shape index (κ1) is 10.8. The van der Waals surface area contributed by atoms with Crippen molar-refractivity contribution in [2.45, 2.75) is 6.42 Å². The molecule has 0 aromatic heterocycles. The van der Waals surface area contributed by atoms with Crippen LogP contribution in [0.3, 0.4) is 0 Å². The summed E-state index contributed by atoms with van der Waals surface area (Å²) in [6, 6.07) is 7.47. The molecule has 0 unspecified atom stereocenters. The molecule has 0 saturated heterocycles. The van der Waals surface area contributed by atoms with Crippen molar-refractivity contribution >= 4 is 27.7 Å². The lowest BCUT2D eigenvalue weighted by Gasteiger charge is -1.98. The molecule has 1 aromatic rings. The topological polar surface area (TPSA) is 49.8 Å². The van der Waals surface area contributed by atoms with E-state index in [0.29, 0.717) is 11.3 Å². The minimum atomic E-state index is 0.621. The molecule has 0 fully saturated rings. The third-order valence-corrected chi connectivity index (χ3v) is 2.23. The molecule has 2 nitrogen and oxygen atoms in total. The second kappa shape index (κ2) is 5.46. The molecule has 0 radical (unpaired) electrons. The standard InChI is InChI=1S/C11H11BrN2/c12-6-2-1-3-9-4-5-11(14)7-10(9)8-13/h1,3-5,7H,2,6,14H2. The molecule has 72 valence electrons. The number of rotatable bonds is 3. The monoisotopic (exact) mass is 250 g/mol. The Labute approximate surface area is 92.2 Å². The van der Waals surface area contributed by atoms with Gasteiger partial charge in [-0.15, -0.1) is 0 Å². The van der Waals surface area contributed by atoms with Crippen LogP contribution in [0, 0.1) is 11.3 Å². The molecule has 0 aliphatic rings. The molecule has 0 amide bonds. The Morgan fingerprint density at radius 1 is 1.50 bits per heavy atom. The van der Waals surface area contributed by atoms with E-state index in [1.54, 1.807) is 12.1 Å². The summed E-state index contributed by atoms with van der Waals surface area (Å²) < 4.78 is 0. The fraction of sp³-hybridized carbons (Fsp3) is 0.182. The Kier molecular flexibility index (Phi) is 4.21. The van der Waals surface area contributed by atoms with Crippen molar-refractivity contribution in [2.75, 3.05) is 11.1 Å². The minimum absolute atomic E-state index is 0.621. The van der Waals surface area contributed by atoms with Crippen LogP contribution in [0.4, 0.5) is 5.69 Å². The molecule has 0 heterocycles. The van der Waals surface area contributed by atoms with Gasteiger partial charge in [-0.3, -0.25) is 0 Å². The highest BCUT2D eigenvalue weighted by Crippen LogP contribution is 2.14. The maximum absolute atomic E-state index is 8.85. The Hall–Kier alpha value is -1.27. The van der Waals surface area contributed by atoms with E-state index in [1.165, 1.54) is 0 Å². The molecule has 2 N–H and O–H groups in total. The van der Waals surface area contributed by atoms with Crippen LogP contribution in [0.2, 0.25) is 0 Å². The van der Waals surface area contributed by atoms with E-state index in [9.17, 15) is 0 Å². The minimum Gasteiger partial charge on any atom is -0.399 e. The lowest BCUT2D eigenvalue weighted by Crippen LogP contribution is -1.88. The van der Waals surface area contributed by atoms with E-state index in [1.807, 2.05) is 18.2 Å². The van der Waals surface area contributed by atoms with Gasteiger partial charge in [-0.25, -0.2) is 0 Å². The number of nitrogens with zero attached hydrogens (tertiary/aromatic N) is 1. The SMILES string of the molecule is N#Cc1cc(N)ccc1C=CCCBr. The number of nitrogen functional groups attached to an aromatic ring is 1. The van der Waals surface area contributed by atoms with Crippen molar-refractivity contribution in [1.29, 1.82) is 5.26 Å². The molecule has 0 saturated carbocycles. The van der Waals surface area contributed by atoms with Crippen molar-refractivity contribution in [2.24, 2.45) is 0 Å². The largest absolute Gasteiger partial charge is 0.399 e. The van der Waals surface area contributed by atoms with E-state index in [2.05, 4.69) is 22.0 Å². The van der Waals surface area contributed by atoms with Crippen LogP contribution in [0.5, 0.6) is 0 Å². The average Bonchev–Trinajstić information content (AvgIpc) is 2.20. The van der Waals surface area contributed by atoms with E-state index in [-0.39, 0.29) is 0 Å². The number of hydrogen-bond acceptors (Lipinski definition) is 2. The van der Waals surface area contributed by atoms with Crippen LogP contribution in [0.15, 0.2) is 24.3 Å². The highest BCUT2D eigenvalue weighted by molar-refractivity contribution is 9.09. The summed E-state index contributed by atoms with van der Waals surface area (Å²) in [6.45, 7) is 0. The molecule has 3 heteroatoms. The predicted octanol–water partition coefficient (Wildman–Crippen LogP) is 2.94. The molecule has 1 rings (SSSR count). The van der Waals surface area contributed by atoms with Gasteiger partial charge in [0, 0.05) is 11.0 Å². The van der Waals surface area contributed by atoms with Crippen LogP contribution in [0.25, 0.3) is 6.08 Å². The zero-order chi connectivity index (χ0) is 10.4. The Balaban J connectivity index is 2.92. The van der Waals surface area contributed by atoms with Gasteiger partial charge < -0.3 is 5.73 Å². The fourth-order valence-corrected chi connectivity index (χ4v) is 1.35. The quantitative estimate of drug-likeness (QED) is 0.663. The third-order valence-electron chi connectivity index (χ3n) is 1.77. The smallest absolute Gasteiger partial charge is 0.0998 e. The maximum Gasteiger partial charge on any atom is 0.0998 e. The highest BCUT2D eigenvalue weighted by atomic mass is 79.9. The van der Waals surface area contributed by atoms with Gasteiger partial charge in [-0.1, -0.05) is 34.1 Å². The van der Waals surface area contributed by atoms with Gasteiger partial charge in [0.05, 0.1) is 11.6 Å². The van der Waals surface area contributed by atoms with Crippen molar-refractivity contribution in [3.05, 3.63) is 35.4 Å². The van der Waals surface area contributed by atoms with Crippen LogP contribution >= 0.6 is 15.9 Å². The fourth-order valence-electron chi connectivity index (χ4n) is 1.09. The van der Waals surface area contributed by atoms with Gasteiger partial charge in [0.1, 0.15) is 0 Å². The number of benzene rings is 1. The molecule has 0 aliphatic heterocycles. The van der Waals surface area contributed by atoms with E-state index in [4.69, 9.17) is 11.0 Å². The molecular weight excluding hydrogens is 240 g/mol. The van der Waals surface area contributed by atoms with Gasteiger partial charge in [-0.2, -0.15) is 5.26 Å². The normalized spacial score (nSPS) is 10.3. The van der Waals surface area contributed by atoms with E-state index in [0.717, 1.165) is 17.3 Å². The first-order valence-corrected chi connectivity index (χ1v) is 5.42. The molecule has 0 spiro atoms. The third kappa shape index (κ3) is 2.90. The van der Waals surface area contributed by atoms with Gasteiger partial charge in [0.15, 0.2) is 0 Å². The summed E-state index contributed by atoms with van der Waals surface area (Å²) >= 11 is 3.33. The summed E-state index contributed by atoms with van der Waals surface area (Å²) in [4.78, 5) is 0. The second-order valence-electron chi connectivity index (χ2n) is 2.84. The highest BCUT2D eigenvalue weighted by Gasteiger charge is 1.97. The van der Waals surface area contributed by atoms with E-state index < -0.39 is 0 Å². The Morgan fingerprint density at radius 3 is 2.93 bits per heavy atom. The lowest BCUT2D eigenvalue weighted by atomic mass is 10.1. The Morgan fingerprint density at radius 2 is 2.29 bits per heavy atom. The number of halogens is 1. The van der Waals surface area contributed by atoms with Crippen LogP contribution in [0.1, 0.15) is 17.5 Å². The van der Waals surface area contributed by atoms with Crippen LogP contribution in [-0.2, 0) is 0 Å². The maximum atomic E-state index is 8.85. The van der Waals surface area contributed by atoms with Crippen LogP contribution in [-0.4, -0.2) is 5.33 Å². The number of nitriles is 1. The van der Waals surface area contributed by atoms with Crippen molar-refractivity contribution < 1.29 is 0 Å². The summed E-state index contributed by atoms with van der Waals surface area (Å²) in [7, 11) is 0. The summed E-state index contributed by atoms with van der Waals surface area (Å²) in [5, 5.41) is 9.78. The Bertz CT molecular complexity index is 377. The number of allylic oxidation sites excluding steroid dienone is 1. The molecule has 0 aliphatic carbocycles. The molecule has 0 atom stereocenters. The number of alkyl halides is 1. The van der Waals surface area contributed by atoms with Crippen molar-refractivity contribution in [3.8, 4) is 6.07 Å². The summed E-state index contributed by atoms with van der Waals surface area (Å²) in [6.07, 6.45) is 4.93. The van der Waals surface area contributed by atoms with Gasteiger partial charge in [-0.05, 0) is 24.1 Å². The van der Waals surface area contributed by atoms with Crippen molar-refractivity contribution in [1.82, 2.24) is 0 Å². The van der Waals surface area contributed by atoms with Gasteiger partial charge in [0.25, 0.3) is 0 Å². The number of anilines is 1. The number of nitrogens with two attached hydrogens (primary N) is 1. The molecule has 0 bridgehead atoms. The molecule has 14 heavy (non-hydrogen) atoms. The van der Waals surface area contributed by atoms with Crippen LogP contribution < -0.4 is 5.73 Å². The summed E-state index contributed by atoms with van der Waals surface area (Å²) in [5.41, 5.74) is 7.74. The van der Waals surface area contributed by atoms with Crippen molar-refractivity contribution in [3.63, 3.8) is 0 Å². The average molecular weight is 251 g/mol. The van der Waals surface area contributed by atoms with Gasteiger partial charge in [0.2, 0.25) is 0 Å². The molecular formula is C11H11BrN2. The zero-order valence-electron chi connectivity index (χ0n) is 7.70. The second-order valence-corrected chi connectivity index (χ2v) is 3.63. The summed E-state index contributed by atoms with van der Waals surface area (Å²) in [5.74, 6) is 0. The zero-order valence-corrected chi connectivity index (χ0v) is 9.29. The predicted molar refractivity (Wildman–Crippen MR) is 63.0 cm³/mol. The first-order valence-electron chi connectivity index (χ1n) is 4.30.